The molecule has 2 rings (SSSR count). The van der Waals surface area contributed by atoms with Crippen LogP contribution in [0.25, 0.3) is 10.9 Å². The van der Waals surface area contributed by atoms with E-state index in [-0.39, 0.29) is 18.3 Å². The maximum absolute atomic E-state index is 12.1. The number of hydrogen-bond donors (Lipinski definition) is 2. The Morgan fingerprint density at radius 2 is 1.76 bits per heavy atom. The first kappa shape index (κ1) is 14.8. The topological polar surface area (TPSA) is 96.6 Å². The molecule has 0 fully saturated rings. The lowest BCUT2D eigenvalue weighted by molar-refractivity contribution is -0.137. The molecule has 6 nitrogen and oxygen atoms in total. The van der Waals surface area contributed by atoms with Gasteiger partial charge in [0.2, 0.25) is 0 Å². The van der Waals surface area contributed by atoms with Gasteiger partial charge in [-0.25, -0.2) is 0 Å². The van der Waals surface area contributed by atoms with Crippen LogP contribution in [0.1, 0.15) is 18.2 Å². The molecule has 0 saturated heterocycles. The summed E-state index contributed by atoms with van der Waals surface area (Å²) in [7, 11) is 0. The Morgan fingerprint density at radius 1 is 1.10 bits per heavy atom. The zero-order chi connectivity index (χ0) is 15.6. The van der Waals surface area contributed by atoms with E-state index >= 15 is 0 Å². The number of aryl methyl sites for hydroxylation is 1. The number of pyridine rings is 1. The number of aromatic nitrogens is 1. The number of carbonyl (C=O) groups is 2. The van der Waals surface area contributed by atoms with E-state index in [2.05, 4.69) is 0 Å². The van der Waals surface area contributed by atoms with E-state index in [9.17, 15) is 14.4 Å². The fourth-order valence-electron chi connectivity index (χ4n) is 2.44. The maximum atomic E-state index is 12.1. The lowest BCUT2D eigenvalue weighted by Crippen LogP contribution is -2.17. The first-order valence-electron chi connectivity index (χ1n) is 6.51. The third kappa shape index (κ3) is 3.10. The fraction of sp³-hybridized carbons (Fsp3) is 0.267. The number of carboxylic acid groups (broad SMARTS) is 2. The maximum Gasteiger partial charge on any atom is 0.309 e. The van der Waals surface area contributed by atoms with Crippen molar-refractivity contribution in [2.75, 3.05) is 0 Å². The van der Waals surface area contributed by atoms with Gasteiger partial charge in [0.15, 0.2) is 5.43 Å². The van der Waals surface area contributed by atoms with Crippen molar-refractivity contribution in [1.29, 1.82) is 0 Å². The minimum Gasteiger partial charge on any atom is -0.481 e. The molecule has 0 atom stereocenters. The van der Waals surface area contributed by atoms with Crippen LogP contribution in [0.4, 0.5) is 0 Å². The van der Waals surface area contributed by atoms with Gasteiger partial charge < -0.3 is 14.8 Å². The Hall–Kier alpha value is -2.63. The minimum absolute atomic E-state index is 0.154. The highest BCUT2D eigenvalue weighted by Crippen LogP contribution is 2.16. The molecule has 110 valence electrons. The number of rotatable bonds is 5. The zero-order valence-electron chi connectivity index (χ0n) is 11.5. The molecule has 0 unspecified atom stereocenters. The largest absolute Gasteiger partial charge is 0.481 e. The van der Waals surface area contributed by atoms with E-state index in [1.165, 1.54) is 6.07 Å². The van der Waals surface area contributed by atoms with Crippen molar-refractivity contribution in [3.05, 3.63) is 45.7 Å². The summed E-state index contributed by atoms with van der Waals surface area (Å²) in [5.41, 5.74) is 1.31. The molecule has 0 aliphatic heterocycles. The van der Waals surface area contributed by atoms with E-state index in [4.69, 9.17) is 10.2 Å². The van der Waals surface area contributed by atoms with Gasteiger partial charge in [0.05, 0.1) is 18.4 Å². The first-order chi connectivity index (χ1) is 9.92. The molecule has 0 radical (unpaired) electrons. The van der Waals surface area contributed by atoms with Crippen LogP contribution in [0.3, 0.4) is 0 Å². The molecule has 0 spiro atoms. The van der Waals surface area contributed by atoms with Gasteiger partial charge in [-0.05, 0) is 24.6 Å². The summed E-state index contributed by atoms with van der Waals surface area (Å²) in [5.74, 6) is -1.97. The second-order valence-electron chi connectivity index (χ2n) is 4.74. The van der Waals surface area contributed by atoms with Crippen molar-refractivity contribution < 1.29 is 19.8 Å². The van der Waals surface area contributed by atoms with Crippen molar-refractivity contribution >= 4 is 22.8 Å². The molecular formula is C15H15NO5. The Balaban J connectivity index is 2.66. The predicted molar refractivity (Wildman–Crippen MR) is 76.6 cm³/mol. The third-order valence-electron chi connectivity index (χ3n) is 3.27. The molecule has 0 saturated carbocycles. The summed E-state index contributed by atoms with van der Waals surface area (Å²) >= 11 is 0. The summed E-state index contributed by atoms with van der Waals surface area (Å²) in [6, 6.07) is 6.18. The number of hydrogen-bond acceptors (Lipinski definition) is 3. The molecule has 0 bridgehead atoms. The van der Waals surface area contributed by atoms with Crippen molar-refractivity contribution in [3.8, 4) is 0 Å². The summed E-state index contributed by atoms with van der Waals surface area (Å²) in [6.07, 6.45) is -0.381. The monoisotopic (exact) mass is 289 g/mol. The second-order valence-corrected chi connectivity index (χ2v) is 4.74. The minimum atomic E-state index is -1.00. The lowest BCUT2D eigenvalue weighted by Gasteiger charge is -2.14. The van der Waals surface area contributed by atoms with Crippen LogP contribution in [0.15, 0.2) is 29.1 Å². The van der Waals surface area contributed by atoms with Crippen LogP contribution < -0.4 is 5.43 Å². The summed E-state index contributed by atoms with van der Waals surface area (Å²) in [6.45, 7) is 2.39. The molecule has 6 heteroatoms. The van der Waals surface area contributed by atoms with Gasteiger partial charge in [-0.1, -0.05) is 6.07 Å². The molecule has 1 aromatic heterocycles. The second kappa shape index (κ2) is 5.78. The number of aliphatic carboxylic acids is 2. The average Bonchev–Trinajstić information content (AvgIpc) is 2.38. The van der Waals surface area contributed by atoms with Gasteiger partial charge in [0.1, 0.15) is 0 Å². The van der Waals surface area contributed by atoms with Gasteiger partial charge >= 0.3 is 11.9 Å². The quantitative estimate of drug-likeness (QED) is 0.864. The number of nitrogens with zero attached hydrogens (tertiary/aromatic N) is 1. The van der Waals surface area contributed by atoms with Crippen LogP contribution in [0.5, 0.6) is 0 Å². The lowest BCUT2D eigenvalue weighted by atomic mass is 10.1. The Morgan fingerprint density at radius 3 is 2.33 bits per heavy atom. The summed E-state index contributed by atoms with van der Waals surface area (Å²) < 4.78 is 1.76. The molecule has 2 N–H and O–H groups in total. The van der Waals surface area contributed by atoms with E-state index in [0.29, 0.717) is 28.7 Å². The van der Waals surface area contributed by atoms with Gasteiger partial charge in [0.25, 0.3) is 0 Å². The molecular weight excluding hydrogens is 274 g/mol. The van der Waals surface area contributed by atoms with Crippen LogP contribution in [0, 0.1) is 0 Å². The molecule has 0 aliphatic carbocycles. The summed E-state index contributed by atoms with van der Waals surface area (Å²) in [5, 5.41) is 18.1. The van der Waals surface area contributed by atoms with E-state index in [1.54, 1.807) is 22.8 Å². The average molecular weight is 289 g/mol. The van der Waals surface area contributed by atoms with Gasteiger partial charge in [-0.3, -0.25) is 14.4 Å². The van der Waals surface area contributed by atoms with Crippen LogP contribution >= 0.6 is 0 Å². The normalized spacial score (nSPS) is 10.7. The third-order valence-corrected chi connectivity index (χ3v) is 3.27. The highest BCUT2D eigenvalue weighted by Gasteiger charge is 2.12. The predicted octanol–water partition coefficient (Wildman–Crippen LogP) is 1.28. The highest BCUT2D eigenvalue weighted by atomic mass is 16.4. The molecule has 1 aromatic carbocycles. The Bertz CT molecular complexity index is 775. The number of benzene rings is 1. The SMILES string of the molecule is CCn1c(CC(=O)O)cc(=O)c2cc(CC(=O)O)ccc21. The van der Waals surface area contributed by atoms with E-state index < -0.39 is 11.9 Å². The van der Waals surface area contributed by atoms with Crippen molar-refractivity contribution in [3.63, 3.8) is 0 Å². The van der Waals surface area contributed by atoms with Gasteiger partial charge in [-0.15, -0.1) is 0 Å². The van der Waals surface area contributed by atoms with Gasteiger partial charge in [0, 0.05) is 23.7 Å². The number of carboxylic acids is 2. The molecule has 1 heterocycles. The van der Waals surface area contributed by atoms with E-state index in [0.717, 1.165) is 0 Å². The van der Waals surface area contributed by atoms with Crippen LogP contribution in [-0.4, -0.2) is 26.7 Å². The molecule has 0 aliphatic rings. The van der Waals surface area contributed by atoms with Crippen LogP contribution in [0.2, 0.25) is 0 Å². The van der Waals surface area contributed by atoms with Crippen molar-refractivity contribution in [1.82, 2.24) is 4.57 Å². The van der Waals surface area contributed by atoms with Gasteiger partial charge in [-0.2, -0.15) is 0 Å². The molecule has 21 heavy (non-hydrogen) atoms. The standard InChI is InChI=1S/C15H15NO5/c1-2-16-10(8-15(20)21)7-13(17)11-5-9(6-14(18)19)3-4-12(11)16/h3-5,7H,2,6,8H2,1H3,(H,18,19)(H,20,21). The summed E-state index contributed by atoms with van der Waals surface area (Å²) in [4.78, 5) is 33.8. The van der Waals surface area contributed by atoms with Crippen molar-refractivity contribution in [2.24, 2.45) is 0 Å². The smallest absolute Gasteiger partial charge is 0.309 e. The Kier molecular flexibility index (Phi) is 4.07. The molecule has 0 amide bonds. The van der Waals surface area contributed by atoms with Crippen molar-refractivity contribution in [2.45, 2.75) is 26.3 Å². The highest BCUT2D eigenvalue weighted by molar-refractivity contribution is 5.82. The Labute approximate surface area is 120 Å². The zero-order valence-corrected chi connectivity index (χ0v) is 11.5. The van der Waals surface area contributed by atoms with E-state index in [1.807, 2.05) is 6.92 Å². The first-order valence-corrected chi connectivity index (χ1v) is 6.51. The molecule has 2 aromatic rings. The van der Waals surface area contributed by atoms with Crippen LogP contribution in [-0.2, 0) is 29.0 Å². The fourth-order valence-corrected chi connectivity index (χ4v) is 2.44. The number of fused-ring (bicyclic) bond motifs is 1.